The molecule has 0 bridgehead atoms. The first-order chi connectivity index (χ1) is 12.7. The van der Waals surface area contributed by atoms with Crippen molar-refractivity contribution < 1.29 is 35.5 Å². The van der Waals surface area contributed by atoms with Gasteiger partial charge in [0, 0.05) is 0 Å². The van der Waals surface area contributed by atoms with E-state index in [-0.39, 0.29) is 19.0 Å². The van der Waals surface area contributed by atoms with Crippen LogP contribution in [0.2, 0.25) is 2.80 Å². The normalized spacial score (nSPS) is 23.9. The number of hydrogen-bond acceptors (Lipinski definition) is 0. The quantitative estimate of drug-likeness (QED) is 0.362. The van der Waals surface area contributed by atoms with Gasteiger partial charge in [-0.05, 0) is 0 Å². The third-order valence-electron chi connectivity index (χ3n) is 7.45. The molecule has 0 heterocycles. The van der Waals surface area contributed by atoms with Gasteiger partial charge < -0.3 is 0 Å². The molecule has 1 heteroatoms. The Bertz CT molecular complexity index is 645. The molecule has 3 rings (SSSR count). The Kier molecular flexibility index (Phi) is 5.56. The molecular formula is C27H39Ce. The van der Waals surface area contributed by atoms with E-state index >= 15 is 0 Å². The third kappa shape index (κ3) is 3.08. The van der Waals surface area contributed by atoms with Gasteiger partial charge in [-0.2, -0.15) is 0 Å². The van der Waals surface area contributed by atoms with Gasteiger partial charge in [0.1, 0.15) is 0 Å². The summed E-state index contributed by atoms with van der Waals surface area (Å²) in [5.41, 5.74) is 0.552. The number of rotatable bonds is 3. The van der Waals surface area contributed by atoms with Crippen LogP contribution in [0.1, 0.15) is 62.3 Å². The van der Waals surface area contributed by atoms with Crippen molar-refractivity contribution in [2.75, 3.05) is 0 Å². The molecule has 0 N–H and O–H groups in total. The molecule has 0 unspecified atom stereocenters. The molecule has 0 amide bonds. The van der Waals surface area contributed by atoms with Gasteiger partial charge in [0.15, 0.2) is 0 Å². The molecule has 0 spiro atoms. The van der Waals surface area contributed by atoms with Gasteiger partial charge in [-0.15, -0.1) is 0 Å². The Morgan fingerprint density at radius 2 is 0.571 bits per heavy atom. The Balaban J connectivity index is 2.44. The number of allylic oxidation sites excluding steroid dienone is 12. The topological polar surface area (TPSA) is 0 Å². The number of hydrogen-bond donors (Lipinski definition) is 0. The van der Waals surface area contributed by atoms with E-state index in [0.29, 0.717) is 0 Å². The van der Waals surface area contributed by atoms with Crippen LogP contribution in [0.4, 0.5) is 0 Å². The van der Waals surface area contributed by atoms with Crippen LogP contribution in [0.15, 0.2) is 72.9 Å². The zero-order chi connectivity index (χ0) is 21.1. The van der Waals surface area contributed by atoms with Crippen molar-refractivity contribution in [3.05, 3.63) is 72.9 Å². The van der Waals surface area contributed by atoms with Crippen LogP contribution in [0, 0.1) is 51.7 Å². The predicted octanol–water partition coefficient (Wildman–Crippen LogP) is 8.60. The summed E-state index contributed by atoms with van der Waals surface area (Å²) in [4.78, 5) is 0. The summed E-state index contributed by atoms with van der Waals surface area (Å²) in [6, 6.07) is 0. The van der Waals surface area contributed by atoms with Crippen molar-refractivity contribution in [2.24, 2.45) is 16.2 Å². The van der Waals surface area contributed by atoms with Gasteiger partial charge in [0.05, 0.1) is 0 Å². The minimum atomic E-state index is -2.79. The Labute approximate surface area is 188 Å². The van der Waals surface area contributed by atoms with Crippen LogP contribution >= 0.6 is 0 Å². The van der Waals surface area contributed by atoms with Gasteiger partial charge >= 0.3 is 190 Å². The Morgan fingerprint density at radius 1 is 0.393 bits per heavy atom. The summed E-state index contributed by atoms with van der Waals surface area (Å²) in [5, 5.41) is 0. The molecule has 0 aromatic rings. The van der Waals surface area contributed by atoms with Crippen LogP contribution in [0.25, 0.3) is 0 Å². The van der Waals surface area contributed by atoms with E-state index in [4.69, 9.17) is 0 Å². The van der Waals surface area contributed by atoms with Crippen molar-refractivity contribution in [2.45, 2.75) is 65.1 Å². The molecule has 0 atom stereocenters. The first-order valence-electron chi connectivity index (χ1n) is 10.7. The molecule has 0 radical (unpaired) electrons. The molecule has 0 aromatic carbocycles. The summed E-state index contributed by atoms with van der Waals surface area (Å²) in [5.74, 6) is 0. The second-order valence-electron chi connectivity index (χ2n) is 11.9. The molecule has 0 aliphatic heterocycles. The van der Waals surface area contributed by atoms with E-state index in [0.717, 1.165) is 0 Å². The average molecular weight is 504 g/mol. The van der Waals surface area contributed by atoms with Crippen LogP contribution in [0.5, 0.6) is 0 Å². The summed E-state index contributed by atoms with van der Waals surface area (Å²) in [6.07, 6.45) is 29.5. The maximum atomic E-state index is 2.59. The summed E-state index contributed by atoms with van der Waals surface area (Å²) < 4.78 is 0.489. The van der Waals surface area contributed by atoms with Gasteiger partial charge in [0.2, 0.25) is 0 Å². The first-order valence-corrected chi connectivity index (χ1v) is 15.4. The van der Waals surface area contributed by atoms with Gasteiger partial charge in [-0.1, -0.05) is 0 Å². The molecule has 0 nitrogen and oxygen atoms in total. The maximum absolute atomic E-state index is 2.79. The van der Waals surface area contributed by atoms with E-state index in [2.05, 4.69) is 135 Å². The molecule has 28 heavy (non-hydrogen) atoms. The molecule has 0 aromatic heterocycles. The molecule has 3 aliphatic rings. The van der Waals surface area contributed by atoms with Crippen molar-refractivity contribution in [1.82, 2.24) is 0 Å². The van der Waals surface area contributed by atoms with Gasteiger partial charge in [-0.25, -0.2) is 0 Å². The first kappa shape index (κ1) is 22.5. The van der Waals surface area contributed by atoms with E-state index < -0.39 is 35.5 Å². The Morgan fingerprint density at radius 3 is 0.714 bits per heavy atom. The van der Waals surface area contributed by atoms with Crippen molar-refractivity contribution in [3.63, 3.8) is 0 Å². The molecule has 3 aliphatic carbocycles. The zero-order valence-corrected chi connectivity index (χ0v) is 22.6. The second kappa shape index (κ2) is 6.92. The standard InChI is InChI=1S/3C9H13.Ce/c3*1-9(2,3)8-6-4-5-7-8;/h3*4-7H,1-3H3;. The predicted molar refractivity (Wildman–Crippen MR) is 121 cm³/mol. The summed E-state index contributed by atoms with van der Waals surface area (Å²) in [7, 11) is 0. The fraction of sp³-hybridized carbons (Fsp3) is 0.556. The summed E-state index contributed by atoms with van der Waals surface area (Å²) in [6.45, 7) is 22.2. The second-order valence-corrected chi connectivity index (χ2v) is 22.0. The van der Waals surface area contributed by atoms with Crippen LogP contribution in [0.3, 0.4) is 0 Å². The van der Waals surface area contributed by atoms with Crippen LogP contribution in [-0.4, -0.2) is 0 Å². The van der Waals surface area contributed by atoms with Crippen molar-refractivity contribution in [1.29, 1.82) is 0 Å². The van der Waals surface area contributed by atoms with Crippen molar-refractivity contribution in [3.8, 4) is 0 Å². The SMILES string of the molecule is CC(C)(C)[C]1([Ce]([C]2(C(C)(C)C)C=CC=C2)[C]2(C(C)(C)C)C=CC=C2)C=CC=C1. The molecule has 151 valence electrons. The van der Waals surface area contributed by atoms with E-state index in [1.807, 2.05) is 0 Å². The van der Waals surface area contributed by atoms with E-state index in [1.54, 1.807) is 0 Å². The summed E-state index contributed by atoms with van der Waals surface area (Å²) >= 11 is -2.79. The molecular weight excluding hydrogens is 464 g/mol. The third-order valence-corrected chi connectivity index (χ3v) is 25.5. The molecule has 0 saturated carbocycles. The average Bonchev–Trinajstić information content (AvgIpc) is 3.27. The minimum absolute atomic E-state index is 0.163. The Hall–Kier alpha value is -0.183. The van der Waals surface area contributed by atoms with Crippen molar-refractivity contribution >= 4 is 0 Å². The monoisotopic (exact) mass is 503 g/mol. The fourth-order valence-electron chi connectivity index (χ4n) is 5.56. The van der Waals surface area contributed by atoms with E-state index in [1.165, 1.54) is 0 Å². The van der Waals surface area contributed by atoms with Crippen LogP contribution < -0.4 is 0 Å². The molecule has 0 saturated heterocycles. The molecule has 0 fully saturated rings. The van der Waals surface area contributed by atoms with Gasteiger partial charge in [-0.3, -0.25) is 0 Å². The van der Waals surface area contributed by atoms with Crippen LogP contribution in [-0.2, 0) is 0 Å². The van der Waals surface area contributed by atoms with Gasteiger partial charge in [0.25, 0.3) is 0 Å². The zero-order valence-electron chi connectivity index (χ0n) is 19.4. The van der Waals surface area contributed by atoms with E-state index in [9.17, 15) is 0 Å². The fourth-order valence-corrected chi connectivity index (χ4v) is 24.0.